The van der Waals surface area contributed by atoms with Crippen molar-refractivity contribution in [1.29, 1.82) is 0 Å². The van der Waals surface area contributed by atoms with Crippen LogP contribution in [-0.4, -0.2) is 11.2 Å². The molecule has 0 bridgehead atoms. The van der Waals surface area contributed by atoms with E-state index in [-0.39, 0.29) is 0 Å². The maximum absolute atomic E-state index is 4.46. The Morgan fingerprint density at radius 1 is 1.33 bits per heavy atom. The smallest absolute Gasteiger partial charge is 0.161 e. The standard InChI is InChI=1S/C8H7NS3/c1-10-12-8-9-6-4-2-3-5-7(6)11-8/h2-5H,1H3. The normalized spacial score (nSPS) is 10.8. The van der Waals surface area contributed by atoms with Gasteiger partial charge in [0.25, 0.3) is 0 Å². The molecule has 0 saturated carbocycles. The van der Waals surface area contributed by atoms with Gasteiger partial charge in [-0.3, -0.25) is 0 Å². The van der Waals surface area contributed by atoms with Gasteiger partial charge >= 0.3 is 0 Å². The maximum atomic E-state index is 4.46. The van der Waals surface area contributed by atoms with Gasteiger partial charge in [-0.25, -0.2) is 4.98 Å². The van der Waals surface area contributed by atoms with Crippen LogP contribution in [0.1, 0.15) is 0 Å². The molecule has 62 valence electrons. The second-order valence-electron chi connectivity index (χ2n) is 2.20. The average molecular weight is 213 g/mol. The number of hydrogen-bond acceptors (Lipinski definition) is 4. The predicted octanol–water partition coefficient (Wildman–Crippen LogP) is 3.67. The van der Waals surface area contributed by atoms with E-state index in [2.05, 4.69) is 23.4 Å². The SMILES string of the molecule is CSSc1nc2ccccc2s1. The van der Waals surface area contributed by atoms with Crippen molar-refractivity contribution in [1.82, 2.24) is 4.98 Å². The monoisotopic (exact) mass is 213 g/mol. The largest absolute Gasteiger partial charge is 0.229 e. The summed E-state index contributed by atoms with van der Waals surface area (Å²) in [4.78, 5) is 4.46. The van der Waals surface area contributed by atoms with E-state index < -0.39 is 0 Å². The van der Waals surface area contributed by atoms with E-state index in [1.165, 1.54) is 4.70 Å². The van der Waals surface area contributed by atoms with Gasteiger partial charge in [0, 0.05) is 0 Å². The van der Waals surface area contributed by atoms with Crippen LogP contribution in [0, 0.1) is 0 Å². The zero-order valence-corrected chi connectivity index (χ0v) is 8.93. The first-order valence-electron chi connectivity index (χ1n) is 3.46. The van der Waals surface area contributed by atoms with Crippen molar-refractivity contribution in [2.24, 2.45) is 0 Å². The van der Waals surface area contributed by atoms with Gasteiger partial charge in [-0.2, -0.15) is 0 Å². The molecule has 0 radical (unpaired) electrons. The van der Waals surface area contributed by atoms with Crippen molar-refractivity contribution in [3.63, 3.8) is 0 Å². The third-order valence-corrected chi connectivity index (χ3v) is 4.45. The fourth-order valence-corrected chi connectivity index (χ4v) is 3.80. The first-order valence-corrected chi connectivity index (χ1v) is 6.84. The number of thiazole rings is 1. The zero-order chi connectivity index (χ0) is 8.39. The Hall–Kier alpha value is -0.190. The van der Waals surface area contributed by atoms with Gasteiger partial charge in [0.15, 0.2) is 4.34 Å². The number of rotatable bonds is 2. The van der Waals surface area contributed by atoms with Crippen LogP contribution in [0.5, 0.6) is 0 Å². The molecule has 0 aliphatic carbocycles. The lowest BCUT2D eigenvalue weighted by molar-refractivity contribution is 1.31. The topological polar surface area (TPSA) is 12.9 Å². The summed E-state index contributed by atoms with van der Waals surface area (Å²) in [6.07, 6.45) is 2.07. The Morgan fingerprint density at radius 2 is 2.17 bits per heavy atom. The fraction of sp³-hybridized carbons (Fsp3) is 0.125. The summed E-state index contributed by atoms with van der Waals surface area (Å²) >= 11 is 1.75. The third kappa shape index (κ3) is 1.60. The van der Waals surface area contributed by atoms with Crippen LogP contribution >= 0.6 is 32.9 Å². The molecule has 0 unspecified atom stereocenters. The summed E-state index contributed by atoms with van der Waals surface area (Å²) in [6.45, 7) is 0. The lowest BCUT2D eigenvalue weighted by Crippen LogP contribution is -1.64. The summed E-state index contributed by atoms with van der Waals surface area (Å²) in [5.41, 5.74) is 1.11. The van der Waals surface area contributed by atoms with Crippen LogP contribution in [0.4, 0.5) is 0 Å². The molecule has 0 spiro atoms. The Kier molecular flexibility index (Phi) is 2.58. The summed E-state index contributed by atoms with van der Waals surface area (Å²) in [6, 6.07) is 8.23. The number of nitrogens with zero attached hydrogens (tertiary/aromatic N) is 1. The van der Waals surface area contributed by atoms with Gasteiger partial charge in [-0.05, 0) is 29.2 Å². The molecule has 2 aromatic rings. The lowest BCUT2D eigenvalue weighted by Gasteiger charge is -1.84. The highest BCUT2D eigenvalue weighted by Crippen LogP contribution is 2.34. The van der Waals surface area contributed by atoms with Crippen LogP contribution in [0.25, 0.3) is 10.2 Å². The van der Waals surface area contributed by atoms with Crippen LogP contribution in [0.2, 0.25) is 0 Å². The van der Waals surface area contributed by atoms with E-state index in [1.54, 1.807) is 32.9 Å². The Balaban J connectivity index is 2.47. The molecule has 0 N–H and O–H groups in total. The number of aromatic nitrogens is 1. The Bertz CT molecular complexity index is 349. The minimum Gasteiger partial charge on any atom is -0.229 e. The Labute approximate surface area is 83.0 Å². The van der Waals surface area contributed by atoms with Gasteiger partial charge in [0.05, 0.1) is 10.2 Å². The van der Waals surface area contributed by atoms with Crippen LogP contribution in [0.15, 0.2) is 28.6 Å². The van der Waals surface area contributed by atoms with Crippen LogP contribution < -0.4 is 0 Å². The summed E-state index contributed by atoms with van der Waals surface area (Å²) in [5.74, 6) is 0. The number of fused-ring (bicyclic) bond motifs is 1. The molecule has 1 aromatic carbocycles. The molecule has 4 heteroatoms. The van der Waals surface area contributed by atoms with Gasteiger partial charge in [0.1, 0.15) is 0 Å². The third-order valence-electron chi connectivity index (χ3n) is 1.43. The fourth-order valence-electron chi connectivity index (χ4n) is 0.958. The van der Waals surface area contributed by atoms with E-state index in [0.29, 0.717) is 0 Å². The number of hydrogen-bond donors (Lipinski definition) is 0. The van der Waals surface area contributed by atoms with Crippen molar-refractivity contribution >= 4 is 43.1 Å². The highest BCUT2D eigenvalue weighted by molar-refractivity contribution is 8.76. The molecular weight excluding hydrogens is 206 g/mol. The molecule has 2 rings (SSSR count). The van der Waals surface area contributed by atoms with E-state index in [4.69, 9.17) is 0 Å². The molecule has 0 amide bonds. The molecular formula is C8H7NS3. The minimum absolute atomic E-state index is 1.11. The van der Waals surface area contributed by atoms with Gasteiger partial charge < -0.3 is 0 Å². The summed E-state index contributed by atoms with van der Waals surface area (Å²) in [7, 11) is 3.46. The molecule has 0 fully saturated rings. The minimum atomic E-state index is 1.11. The molecule has 0 aliphatic heterocycles. The quantitative estimate of drug-likeness (QED) is 0.707. The predicted molar refractivity (Wildman–Crippen MR) is 59.0 cm³/mol. The molecule has 12 heavy (non-hydrogen) atoms. The van der Waals surface area contributed by atoms with E-state index >= 15 is 0 Å². The van der Waals surface area contributed by atoms with Crippen molar-refractivity contribution in [2.75, 3.05) is 6.26 Å². The molecule has 0 atom stereocenters. The van der Waals surface area contributed by atoms with Crippen LogP contribution in [-0.2, 0) is 0 Å². The van der Waals surface area contributed by atoms with Gasteiger partial charge in [-0.1, -0.05) is 22.9 Å². The van der Waals surface area contributed by atoms with Crippen LogP contribution in [0.3, 0.4) is 0 Å². The summed E-state index contributed by atoms with van der Waals surface area (Å²) in [5, 5.41) is 0. The first-order chi connectivity index (χ1) is 5.90. The Morgan fingerprint density at radius 3 is 2.92 bits per heavy atom. The molecule has 0 aliphatic rings. The van der Waals surface area contributed by atoms with Gasteiger partial charge in [-0.15, -0.1) is 11.3 Å². The van der Waals surface area contributed by atoms with E-state index in [0.717, 1.165) is 9.86 Å². The average Bonchev–Trinajstić information content (AvgIpc) is 2.47. The van der Waals surface area contributed by atoms with Crippen molar-refractivity contribution in [3.05, 3.63) is 24.3 Å². The van der Waals surface area contributed by atoms with Crippen molar-refractivity contribution < 1.29 is 0 Å². The van der Waals surface area contributed by atoms with Gasteiger partial charge in [0.2, 0.25) is 0 Å². The van der Waals surface area contributed by atoms with E-state index in [9.17, 15) is 0 Å². The lowest BCUT2D eigenvalue weighted by atomic mass is 10.3. The van der Waals surface area contributed by atoms with Crippen molar-refractivity contribution in [3.8, 4) is 0 Å². The van der Waals surface area contributed by atoms with E-state index in [1.807, 2.05) is 12.1 Å². The number of benzene rings is 1. The molecule has 1 aromatic heterocycles. The maximum Gasteiger partial charge on any atom is 0.161 e. The summed E-state index contributed by atoms with van der Waals surface area (Å²) < 4.78 is 2.41. The highest BCUT2D eigenvalue weighted by atomic mass is 33.1. The second kappa shape index (κ2) is 3.68. The highest BCUT2D eigenvalue weighted by Gasteiger charge is 2.01. The molecule has 0 saturated heterocycles. The molecule has 1 heterocycles. The second-order valence-corrected chi connectivity index (χ2v) is 5.87. The number of para-hydroxylation sites is 1. The molecule has 1 nitrogen and oxygen atoms in total. The zero-order valence-electron chi connectivity index (χ0n) is 6.48. The first kappa shape index (κ1) is 8.41. The van der Waals surface area contributed by atoms with Crippen molar-refractivity contribution in [2.45, 2.75) is 4.34 Å².